The largest absolute Gasteiger partial charge is 0.508 e. The minimum Gasteiger partial charge on any atom is -0.508 e. The molecule has 0 radical (unpaired) electrons. The van der Waals surface area contributed by atoms with Crippen molar-refractivity contribution in [3.05, 3.63) is 59.2 Å². The van der Waals surface area contributed by atoms with Crippen molar-refractivity contribution in [2.75, 3.05) is 32.8 Å². The first-order chi connectivity index (χ1) is 14.5. The molecular weight excluding hydrogens is 380 g/mol. The van der Waals surface area contributed by atoms with Crippen molar-refractivity contribution in [1.82, 2.24) is 9.80 Å². The van der Waals surface area contributed by atoms with Gasteiger partial charge in [0.15, 0.2) is 0 Å². The molecule has 1 saturated heterocycles. The SMILES string of the molecule is Cc1cccc(C)c1OCCCC(=O)N1CCCN(C(=O)c2cccc(O)c2)CC1. The van der Waals surface area contributed by atoms with E-state index < -0.39 is 0 Å². The highest BCUT2D eigenvalue weighted by atomic mass is 16.5. The van der Waals surface area contributed by atoms with E-state index in [9.17, 15) is 14.7 Å². The highest BCUT2D eigenvalue weighted by Gasteiger charge is 2.22. The fraction of sp³-hybridized carbons (Fsp3) is 0.417. The minimum absolute atomic E-state index is 0.0792. The number of phenols is 1. The van der Waals surface area contributed by atoms with E-state index in [0.717, 1.165) is 23.3 Å². The third kappa shape index (κ3) is 5.53. The molecule has 30 heavy (non-hydrogen) atoms. The molecule has 160 valence electrons. The Morgan fingerprint density at radius 3 is 2.37 bits per heavy atom. The first kappa shape index (κ1) is 21.7. The summed E-state index contributed by atoms with van der Waals surface area (Å²) in [5.74, 6) is 0.977. The number of carbonyl (C=O) groups is 2. The number of nitrogens with zero attached hydrogens (tertiary/aromatic N) is 2. The Hall–Kier alpha value is -3.02. The van der Waals surface area contributed by atoms with Gasteiger partial charge in [-0.1, -0.05) is 24.3 Å². The summed E-state index contributed by atoms with van der Waals surface area (Å²) in [6.45, 7) is 6.84. The second-order valence-electron chi connectivity index (χ2n) is 7.75. The molecule has 6 nitrogen and oxygen atoms in total. The number of carbonyl (C=O) groups excluding carboxylic acids is 2. The maximum Gasteiger partial charge on any atom is 0.254 e. The van der Waals surface area contributed by atoms with Gasteiger partial charge < -0.3 is 19.6 Å². The number of rotatable bonds is 6. The number of aryl methyl sites for hydroxylation is 2. The van der Waals surface area contributed by atoms with Gasteiger partial charge in [0.25, 0.3) is 5.91 Å². The smallest absolute Gasteiger partial charge is 0.254 e. The van der Waals surface area contributed by atoms with Crippen molar-refractivity contribution in [3.63, 3.8) is 0 Å². The zero-order valence-electron chi connectivity index (χ0n) is 17.8. The molecule has 1 aliphatic heterocycles. The fourth-order valence-corrected chi connectivity index (χ4v) is 3.77. The summed E-state index contributed by atoms with van der Waals surface area (Å²) in [6.07, 6.45) is 1.84. The van der Waals surface area contributed by atoms with Gasteiger partial charge in [0.1, 0.15) is 11.5 Å². The van der Waals surface area contributed by atoms with Crippen LogP contribution in [-0.4, -0.2) is 59.5 Å². The molecule has 2 aromatic carbocycles. The van der Waals surface area contributed by atoms with E-state index in [0.29, 0.717) is 51.2 Å². The molecule has 0 saturated carbocycles. The number of para-hydroxylation sites is 1. The van der Waals surface area contributed by atoms with E-state index in [1.165, 1.54) is 6.07 Å². The zero-order chi connectivity index (χ0) is 21.5. The van der Waals surface area contributed by atoms with Gasteiger partial charge in [-0.15, -0.1) is 0 Å². The summed E-state index contributed by atoms with van der Waals surface area (Å²) < 4.78 is 5.89. The van der Waals surface area contributed by atoms with Crippen LogP contribution in [-0.2, 0) is 4.79 Å². The number of phenolic OH excluding ortho intramolecular Hbond substituents is 1. The number of amides is 2. The molecule has 0 atom stereocenters. The Kier molecular flexibility index (Phi) is 7.33. The molecular formula is C24H30N2O4. The first-order valence-electron chi connectivity index (χ1n) is 10.5. The van der Waals surface area contributed by atoms with Crippen molar-refractivity contribution in [2.24, 2.45) is 0 Å². The van der Waals surface area contributed by atoms with Gasteiger partial charge in [0.2, 0.25) is 5.91 Å². The van der Waals surface area contributed by atoms with Crippen LogP contribution in [0.1, 0.15) is 40.7 Å². The molecule has 2 amide bonds. The molecule has 2 aromatic rings. The van der Waals surface area contributed by atoms with Crippen molar-refractivity contribution in [2.45, 2.75) is 33.1 Å². The molecule has 0 aromatic heterocycles. The minimum atomic E-state index is -0.109. The Labute approximate surface area is 178 Å². The first-order valence-corrected chi connectivity index (χ1v) is 10.5. The van der Waals surface area contributed by atoms with Crippen molar-refractivity contribution < 1.29 is 19.4 Å². The van der Waals surface area contributed by atoms with Crippen LogP contribution in [0.25, 0.3) is 0 Å². The fourth-order valence-electron chi connectivity index (χ4n) is 3.77. The van der Waals surface area contributed by atoms with Gasteiger partial charge in [-0.2, -0.15) is 0 Å². The van der Waals surface area contributed by atoms with Crippen LogP contribution < -0.4 is 4.74 Å². The number of hydrogen-bond donors (Lipinski definition) is 1. The predicted molar refractivity (Wildman–Crippen MR) is 116 cm³/mol. The highest BCUT2D eigenvalue weighted by molar-refractivity contribution is 5.94. The molecule has 1 N–H and O–H groups in total. The molecule has 6 heteroatoms. The third-order valence-corrected chi connectivity index (χ3v) is 5.42. The summed E-state index contributed by atoms with van der Waals surface area (Å²) in [6, 6.07) is 12.4. The van der Waals surface area contributed by atoms with Crippen molar-refractivity contribution >= 4 is 11.8 Å². The van der Waals surface area contributed by atoms with Crippen LogP contribution in [0, 0.1) is 13.8 Å². The topological polar surface area (TPSA) is 70.1 Å². The second kappa shape index (κ2) is 10.1. The van der Waals surface area contributed by atoms with Gasteiger partial charge in [-0.25, -0.2) is 0 Å². The van der Waals surface area contributed by atoms with E-state index >= 15 is 0 Å². The number of benzene rings is 2. The highest BCUT2D eigenvalue weighted by Crippen LogP contribution is 2.22. The van der Waals surface area contributed by atoms with Crippen LogP contribution in [0.2, 0.25) is 0 Å². The number of ether oxygens (including phenoxy) is 1. The molecule has 3 rings (SSSR count). The van der Waals surface area contributed by atoms with E-state index in [1.807, 2.05) is 36.9 Å². The number of aromatic hydroxyl groups is 1. The third-order valence-electron chi connectivity index (χ3n) is 5.42. The van der Waals surface area contributed by atoms with Crippen LogP contribution in [0.4, 0.5) is 0 Å². The van der Waals surface area contributed by atoms with Crippen LogP contribution >= 0.6 is 0 Å². The summed E-state index contributed by atoms with van der Waals surface area (Å²) in [7, 11) is 0. The summed E-state index contributed by atoms with van der Waals surface area (Å²) in [4.78, 5) is 28.9. The Balaban J connectivity index is 1.45. The second-order valence-corrected chi connectivity index (χ2v) is 7.75. The van der Waals surface area contributed by atoms with Crippen molar-refractivity contribution in [1.29, 1.82) is 0 Å². The Morgan fingerprint density at radius 2 is 1.63 bits per heavy atom. The normalized spacial score (nSPS) is 14.3. The molecule has 1 aliphatic rings. The molecule has 1 fully saturated rings. The molecule has 0 aliphatic carbocycles. The molecule has 0 spiro atoms. The standard InChI is InChI=1S/C24H30N2O4/c1-18-7-3-8-19(2)23(18)30-16-5-11-22(28)25-12-6-13-26(15-14-25)24(29)20-9-4-10-21(27)17-20/h3-4,7-10,17,27H,5-6,11-16H2,1-2H3. The summed E-state index contributed by atoms with van der Waals surface area (Å²) in [5, 5.41) is 9.60. The lowest BCUT2D eigenvalue weighted by Gasteiger charge is -2.22. The maximum atomic E-state index is 12.7. The molecule has 0 bridgehead atoms. The maximum absolute atomic E-state index is 12.7. The van der Waals surface area contributed by atoms with Gasteiger partial charge in [-0.3, -0.25) is 9.59 Å². The summed E-state index contributed by atoms with van der Waals surface area (Å²) >= 11 is 0. The predicted octanol–water partition coefficient (Wildman–Crippen LogP) is 3.54. The van der Waals surface area contributed by atoms with Crippen LogP contribution in [0.3, 0.4) is 0 Å². The Morgan fingerprint density at radius 1 is 0.967 bits per heavy atom. The monoisotopic (exact) mass is 410 g/mol. The van der Waals surface area contributed by atoms with E-state index in [4.69, 9.17) is 4.74 Å². The molecule has 1 heterocycles. The lowest BCUT2D eigenvalue weighted by Crippen LogP contribution is -2.37. The lowest BCUT2D eigenvalue weighted by molar-refractivity contribution is -0.131. The average Bonchev–Trinajstić information content (AvgIpc) is 2.98. The van der Waals surface area contributed by atoms with E-state index in [2.05, 4.69) is 0 Å². The van der Waals surface area contributed by atoms with Crippen LogP contribution in [0.15, 0.2) is 42.5 Å². The van der Waals surface area contributed by atoms with E-state index in [-0.39, 0.29) is 17.6 Å². The van der Waals surface area contributed by atoms with Gasteiger partial charge >= 0.3 is 0 Å². The molecule has 0 unspecified atom stereocenters. The summed E-state index contributed by atoms with van der Waals surface area (Å²) in [5.41, 5.74) is 2.68. The van der Waals surface area contributed by atoms with Crippen LogP contribution in [0.5, 0.6) is 11.5 Å². The van der Waals surface area contributed by atoms with Crippen molar-refractivity contribution in [3.8, 4) is 11.5 Å². The van der Waals surface area contributed by atoms with E-state index in [1.54, 1.807) is 23.1 Å². The van der Waals surface area contributed by atoms with Gasteiger partial charge in [0.05, 0.1) is 6.61 Å². The lowest BCUT2D eigenvalue weighted by atomic mass is 10.1. The van der Waals surface area contributed by atoms with Gasteiger partial charge in [-0.05, 0) is 56.0 Å². The van der Waals surface area contributed by atoms with Gasteiger partial charge in [0, 0.05) is 38.2 Å². The Bertz CT molecular complexity index is 876. The quantitative estimate of drug-likeness (QED) is 0.740. The zero-order valence-corrected chi connectivity index (χ0v) is 17.8. The average molecular weight is 411 g/mol. The number of hydrogen-bond acceptors (Lipinski definition) is 4.